The molecular formula is C14H16FN3OS. The zero-order valence-corrected chi connectivity index (χ0v) is 12.0. The normalized spacial score (nSPS) is 10.7. The zero-order valence-electron chi connectivity index (χ0n) is 11.1. The van der Waals surface area contributed by atoms with Crippen molar-refractivity contribution in [2.24, 2.45) is 0 Å². The summed E-state index contributed by atoms with van der Waals surface area (Å²) in [6, 6.07) is 6.40. The lowest BCUT2D eigenvalue weighted by atomic mass is 10.2. The van der Waals surface area contributed by atoms with E-state index < -0.39 is 0 Å². The minimum Gasteiger partial charge on any atom is -0.313 e. The van der Waals surface area contributed by atoms with Crippen LogP contribution in [0.5, 0.6) is 0 Å². The van der Waals surface area contributed by atoms with Gasteiger partial charge in [-0.1, -0.05) is 13.0 Å². The van der Waals surface area contributed by atoms with Crippen molar-refractivity contribution in [3.63, 3.8) is 0 Å². The standard InChI is InChI=1S/C14H16FN3OS/c1-2-6-16-9-10-3-4-12(11(15)8-10)20-14-17-7-5-13(19)18-14/h3-5,7-8,16H,2,6,9H2,1H3,(H,17,18,19). The molecule has 6 heteroatoms. The number of hydrogen-bond donors (Lipinski definition) is 2. The molecule has 0 aliphatic rings. The minimum absolute atomic E-state index is 0.247. The molecular weight excluding hydrogens is 277 g/mol. The van der Waals surface area contributed by atoms with Crippen LogP contribution in [0, 0.1) is 5.82 Å². The van der Waals surface area contributed by atoms with Crippen LogP contribution in [0.25, 0.3) is 0 Å². The number of aromatic amines is 1. The summed E-state index contributed by atoms with van der Waals surface area (Å²) in [6.45, 7) is 3.64. The van der Waals surface area contributed by atoms with Crippen LogP contribution in [0.2, 0.25) is 0 Å². The van der Waals surface area contributed by atoms with Crippen LogP contribution in [0.1, 0.15) is 18.9 Å². The predicted molar refractivity (Wildman–Crippen MR) is 77.4 cm³/mol. The van der Waals surface area contributed by atoms with Crippen molar-refractivity contribution in [1.29, 1.82) is 0 Å². The van der Waals surface area contributed by atoms with Gasteiger partial charge in [0.25, 0.3) is 5.56 Å². The molecule has 0 fully saturated rings. The Morgan fingerprint density at radius 3 is 2.95 bits per heavy atom. The molecule has 1 aromatic carbocycles. The highest BCUT2D eigenvalue weighted by Crippen LogP contribution is 2.26. The number of aromatic nitrogens is 2. The minimum atomic E-state index is -0.308. The van der Waals surface area contributed by atoms with Crippen molar-refractivity contribution < 1.29 is 4.39 Å². The first-order valence-corrected chi connectivity index (χ1v) is 7.23. The SMILES string of the molecule is CCCNCc1ccc(Sc2nccc(=O)[nH]2)c(F)c1. The first kappa shape index (κ1) is 14.7. The van der Waals surface area contributed by atoms with Gasteiger partial charge in [0.05, 0.1) is 4.90 Å². The van der Waals surface area contributed by atoms with E-state index in [9.17, 15) is 9.18 Å². The maximum absolute atomic E-state index is 14.0. The average molecular weight is 293 g/mol. The molecule has 0 radical (unpaired) electrons. The van der Waals surface area contributed by atoms with E-state index in [2.05, 4.69) is 22.2 Å². The fourth-order valence-corrected chi connectivity index (χ4v) is 2.42. The van der Waals surface area contributed by atoms with Gasteiger partial charge >= 0.3 is 0 Å². The Morgan fingerprint density at radius 2 is 2.25 bits per heavy atom. The van der Waals surface area contributed by atoms with Crippen molar-refractivity contribution in [3.05, 3.63) is 52.2 Å². The van der Waals surface area contributed by atoms with Gasteiger partial charge in [0, 0.05) is 18.8 Å². The van der Waals surface area contributed by atoms with Crippen LogP contribution in [-0.4, -0.2) is 16.5 Å². The van der Waals surface area contributed by atoms with E-state index in [0.717, 1.165) is 30.3 Å². The molecule has 0 amide bonds. The second-order valence-corrected chi connectivity index (χ2v) is 5.31. The largest absolute Gasteiger partial charge is 0.313 e. The quantitative estimate of drug-likeness (QED) is 0.635. The number of H-pyrrole nitrogens is 1. The van der Waals surface area contributed by atoms with Crippen molar-refractivity contribution in [2.75, 3.05) is 6.54 Å². The summed E-state index contributed by atoms with van der Waals surface area (Å²) in [5.74, 6) is -0.308. The summed E-state index contributed by atoms with van der Waals surface area (Å²) < 4.78 is 14.0. The van der Waals surface area contributed by atoms with E-state index in [-0.39, 0.29) is 11.4 Å². The van der Waals surface area contributed by atoms with Gasteiger partial charge < -0.3 is 10.3 Å². The van der Waals surface area contributed by atoms with E-state index in [1.165, 1.54) is 18.3 Å². The van der Waals surface area contributed by atoms with E-state index in [1.807, 2.05) is 6.07 Å². The third kappa shape index (κ3) is 4.18. The number of halogens is 1. The number of hydrogen-bond acceptors (Lipinski definition) is 4. The fraction of sp³-hybridized carbons (Fsp3) is 0.286. The van der Waals surface area contributed by atoms with Crippen molar-refractivity contribution in [1.82, 2.24) is 15.3 Å². The van der Waals surface area contributed by atoms with Gasteiger partial charge in [-0.2, -0.15) is 0 Å². The molecule has 0 saturated heterocycles. The van der Waals surface area contributed by atoms with Gasteiger partial charge in [0.2, 0.25) is 0 Å². The van der Waals surface area contributed by atoms with Crippen LogP contribution < -0.4 is 10.9 Å². The summed E-state index contributed by atoms with van der Waals surface area (Å²) in [5.41, 5.74) is 0.651. The lowest BCUT2D eigenvalue weighted by Gasteiger charge is -2.06. The molecule has 0 bridgehead atoms. The molecule has 0 aliphatic heterocycles. The van der Waals surface area contributed by atoms with Crippen LogP contribution in [0.15, 0.2) is 45.3 Å². The molecule has 4 nitrogen and oxygen atoms in total. The second kappa shape index (κ2) is 7.21. The van der Waals surface area contributed by atoms with Crippen LogP contribution in [-0.2, 0) is 6.54 Å². The molecule has 0 atom stereocenters. The fourth-order valence-electron chi connectivity index (χ4n) is 1.65. The summed E-state index contributed by atoms with van der Waals surface area (Å²) in [7, 11) is 0. The van der Waals surface area contributed by atoms with Gasteiger partial charge in [-0.05, 0) is 42.4 Å². The summed E-state index contributed by atoms with van der Waals surface area (Å²) in [4.78, 5) is 18.1. The summed E-state index contributed by atoms with van der Waals surface area (Å²) >= 11 is 1.10. The van der Waals surface area contributed by atoms with Gasteiger partial charge in [-0.3, -0.25) is 4.79 Å². The topological polar surface area (TPSA) is 57.8 Å². The molecule has 0 aliphatic carbocycles. The molecule has 0 unspecified atom stereocenters. The molecule has 106 valence electrons. The summed E-state index contributed by atoms with van der Waals surface area (Å²) in [6.07, 6.45) is 2.45. The average Bonchev–Trinajstić information content (AvgIpc) is 2.42. The molecule has 1 heterocycles. The lowest BCUT2D eigenvalue weighted by Crippen LogP contribution is -2.13. The van der Waals surface area contributed by atoms with Gasteiger partial charge in [-0.15, -0.1) is 0 Å². The third-order valence-electron chi connectivity index (χ3n) is 2.61. The van der Waals surface area contributed by atoms with Crippen LogP contribution in [0.3, 0.4) is 0 Å². The molecule has 2 N–H and O–H groups in total. The number of nitrogens with one attached hydrogen (secondary N) is 2. The van der Waals surface area contributed by atoms with Crippen LogP contribution >= 0.6 is 11.8 Å². The summed E-state index contributed by atoms with van der Waals surface area (Å²) in [5, 5.41) is 3.60. The first-order valence-electron chi connectivity index (χ1n) is 6.41. The molecule has 1 aromatic heterocycles. The Bertz CT molecular complexity index is 630. The Morgan fingerprint density at radius 1 is 1.40 bits per heavy atom. The van der Waals surface area contributed by atoms with Crippen molar-refractivity contribution >= 4 is 11.8 Å². The van der Waals surface area contributed by atoms with Gasteiger partial charge in [0.1, 0.15) is 5.82 Å². The van der Waals surface area contributed by atoms with E-state index in [0.29, 0.717) is 16.6 Å². The highest BCUT2D eigenvalue weighted by Gasteiger charge is 2.07. The second-order valence-electron chi connectivity index (χ2n) is 4.28. The molecule has 0 saturated carbocycles. The Balaban J connectivity index is 2.07. The lowest BCUT2D eigenvalue weighted by molar-refractivity contribution is 0.594. The van der Waals surface area contributed by atoms with E-state index in [1.54, 1.807) is 6.07 Å². The highest BCUT2D eigenvalue weighted by atomic mass is 32.2. The van der Waals surface area contributed by atoms with Crippen molar-refractivity contribution in [3.8, 4) is 0 Å². The third-order valence-corrected chi connectivity index (χ3v) is 3.56. The number of nitrogens with zero attached hydrogens (tertiary/aromatic N) is 1. The first-order chi connectivity index (χ1) is 9.69. The highest BCUT2D eigenvalue weighted by molar-refractivity contribution is 7.99. The zero-order chi connectivity index (χ0) is 14.4. The smallest absolute Gasteiger partial charge is 0.251 e. The Hall–Kier alpha value is -1.66. The van der Waals surface area contributed by atoms with E-state index >= 15 is 0 Å². The van der Waals surface area contributed by atoms with Crippen molar-refractivity contribution in [2.45, 2.75) is 29.9 Å². The van der Waals surface area contributed by atoms with Crippen LogP contribution in [0.4, 0.5) is 4.39 Å². The molecule has 20 heavy (non-hydrogen) atoms. The Kier molecular flexibility index (Phi) is 5.31. The predicted octanol–water partition coefficient (Wildman–Crippen LogP) is 2.56. The molecule has 2 aromatic rings. The monoisotopic (exact) mass is 293 g/mol. The van der Waals surface area contributed by atoms with Gasteiger partial charge in [-0.25, -0.2) is 9.37 Å². The van der Waals surface area contributed by atoms with Gasteiger partial charge in [0.15, 0.2) is 5.16 Å². The number of benzene rings is 1. The maximum Gasteiger partial charge on any atom is 0.251 e. The molecule has 0 spiro atoms. The Labute approximate surface area is 120 Å². The number of rotatable bonds is 6. The van der Waals surface area contributed by atoms with E-state index in [4.69, 9.17) is 0 Å². The maximum atomic E-state index is 14.0. The molecule has 2 rings (SSSR count).